The lowest BCUT2D eigenvalue weighted by Crippen LogP contribution is -2.28. The fourth-order valence-corrected chi connectivity index (χ4v) is 1.74. The number of rotatable bonds is 9. The minimum atomic E-state index is -2.47. The normalized spacial score (nSPS) is 12.7. The van der Waals surface area contributed by atoms with Crippen LogP contribution in [0.3, 0.4) is 0 Å². The lowest BCUT2D eigenvalue weighted by Gasteiger charge is -2.21. The largest absolute Gasteiger partial charge is 0.491 e. The average Bonchev–Trinajstić information content (AvgIpc) is 2.40. The molecule has 0 radical (unpaired) electrons. The van der Waals surface area contributed by atoms with E-state index in [9.17, 15) is 8.78 Å². The Labute approximate surface area is 112 Å². The van der Waals surface area contributed by atoms with Crippen molar-refractivity contribution in [3.8, 4) is 5.75 Å². The van der Waals surface area contributed by atoms with E-state index in [1.54, 1.807) is 31.4 Å². The molecule has 0 heterocycles. The Morgan fingerprint density at radius 2 is 1.95 bits per heavy atom. The second kappa shape index (κ2) is 8.82. The standard InChI is InChI=1S/C14H21F2NO2/c1-3-8-17-13(14(15)16)11-6-4-5-7-12(11)19-10-9-18-2/h4-7,13-14,17H,3,8-10H2,1-2H3. The zero-order chi connectivity index (χ0) is 14.1. The van der Waals surface area contributed by atoms with Crippen molar-refractivity contribution in [2.24, 2.45) is 0 Å². The molecule has 1 aromatic rings. The highest BCUT2D eigenvalue weighted by Crippen LogP contribution is 2.29. The molecular weight excluding hydrogens is 252 g/mol. The van der Waals surface area contributed by atoms with Gasteiger partial charge in [0.2, 0.25) is 0 Å². The van der Waals surface area contributed by atoms with Crippen LogP contribution < -0.4 is 10.1 Å². The molecule has 1 rings (SSSR count). The lowest BCUT2D eigenvalue weighted by atomic mass is 10.1. The summed E-state index contributed by atoms with van der Waals surface area (Å²) in [5.41, 5.74) is 0.488. The number of hydrogen-bond acceptors (Lipinski definition) is 3. The first-order chi connectivity index (χ1) is 9.20. The van der Waals surface area contributed by atoms with Gasteiger partial charge in [0, 0.05) is 12.7 Å². The van der Waals surface area contributed by atoms with Crippen LogP contribution in [0.5, 0.6) is 5.75 Å². The molecule has 0 amide bonds. The summed E-state index contributed by atoms with van der Waals surface area (Å²) in [7, 11) is 1.57. The van der Waals surface area contributed by atoms with Crippen LogP contribution in [0.25, 0.3) is 0 Å². The van der Waals surface area contributed by atoms with E-state index in [0.29, 0.717) is 31.1 Å². The third kappa shape index (κ3) is 5.12. The summed E-state index contributed by atoms with van der Waals surface area (Å²) in [4.78, 5) is 0. The smallest absolute Gasteiger partial charge is 0.257 e. The maximum atomic E-state index is 13.1. The van der Waals surface area contributed by atoms with Crippen molar-refractivity contribution in [3.05, 3.63) is 29.8 Å². The van der Waals surface area contributed by atoms with Gasteiger partial charge >= 0.3 is 0 Å². The number of benzene rings is 1. The molecule has 1 atom stereocenters. The third-order valence-electron chi connectivity index (χ3n) is 2.67. The highest BCUT2D eigenvalue weighted by atomic mass is 19.3. The number of hydrogen-bond donors (Lipinski definition) is 1. The van der Waals surface area contributed by atoms with E-state index in [4.69, 9.17) is 9.47 Å². The Bertz CT molecular complexity index is 361. The molecule has 0 aromatic heterocycles. The van der Waals surface area contributed by atoms with E-state index in [1.807, 2.05) is 6.92 Å². The molecule has 0 saturated heterocycles. The van der Waals surface area contributed by atoms with Crippen molar-refractivity contribution < 1.29 is 18.3 Å². The number of para-hydroxylation sites is 1. The van der Waals surface area contributed by atoms with E-state index in [1.165, 1.54) is 0 Å². The Hall–Kier alpha value is -1.20. The van der Waals surface area contributed by atoms with E-state index in [-0.39, 0.29) is 0 Å². The van der Waals surface area contributed by atoms with Crippen molar-refractivity contribution in [1.82, 2.24) is 5.32 Å². The Balaban J connectivity index is 2.82. The molecule has 0 aliphatic heterocycles. The summed E-state index contributed by atoms with van der Waals surface area (Å²) in [6, 6.07) is 5.88. The number of nitrogens with one attached hydrogen (secondary N) is 1. The fourth-order valence-electron chi connectivity index (χ4n) is 1.74. The van der Waals surface area contributed by atoms with Gasteiger partial charge in [-0.25, -0.2) is 8.78 Å². The molecule has 0 aliphatic rings. The summed E-state index contributed by atoms with van der Waals surface area (Å²) in [6.07, 6.45) is -1.67. The molecule has 0 spiro atoms. The van der Waals surface area contributed by atoms with Crippen LogP contribution in [0.2, 0.25) is 0 Å². The van der Waals surface area contributed by atoms with Crippen LogP contribution in [-0.2, 0) is 4.74 Å². The second-order valence-electron chi connectivity index (χ2n) is 4.15. The predicted molar refractivity (Wildman–Crippen MR) is 70.9 cm³/mol. The Morgan fingerprint density at radius 3 is 2.58 bits per heavy atom. The summed E-state index contributed by atoms with van der Waals surface area (Å²) >= 11 is 0. The van der Waals surface area contributed by atoms with E-state index in [0.717, 1.165) is 6.42 Å². The zero-order valence-corrected chi connectivity index (χ0v) is 11.4. The highest BCUT2D eigenvalue weighted by molar-refractivity contribution is 5.36. The fraction of sp³-hybridized carbons (Fsp3) is 0.571. The second-order valence-corrected chi connectivity index (χ2v) is 4.15. The molecule has 1 N–H and O–H groups in total. The lowest BCUT2D eigenvalue weighted by molar-refractivity contribution is 0.0952. The highest BCUT2D eigenvalue weighted by Gasteiger charge is 2.24. The number of alkyl halides is 2. The topological polar surface area (TPSA) is 30.5 Å². The molecule has 0 fully saturated rings. The van der Waals surface area contributed by atoms with Crippen LogP contribution in [0, 0.1) is 0 Å². The van der Waals surface area contributed by atoms with Gasteiger partial charge in [0.1, 0.15) is 12.4 Å². The van der Waals surface area contributed by atoms with E-state index >= 15 is 0 Å². The average molecular weight is 273 g/mol. The Kier molecular flexibility index (Phi) is 7.36. The third-order valence-corrected chi connectivity index (χ3v) is 2.67. The van der Waals surface area contributed by atoms with Gasteiger partial charge in [-0.2, -0.15) is 0 Å². The van der Waals surface area contributed by atoms with Crippen LogP contribution in [0.4, 0.5) is 8.78 Å². The molecule has 1 unspecified atom stereocenters. The quantitative estimate of drug-likeness (QED) is 0.702. The maximum Gasteiger partial charge on any atom is 0.257 e. The summed E-state index contributed by atoms with van der Waals surface area (Å²) in [6.45, 7) is 3.26. The molecule has 108 valence electrons. The minimum Gasteiger partial charge on any atom is -0.491 e. The van der Waals surface area contributed by atoms with E-state index < -0.39 is 12.5 Å². The molecule has 0 aliphatic carbocycles. The molecule has 19 heavy (non-hydrogen) atoms. The first-order valence-electron chi connectivity index (χ1n) is 6.42. The van der Waals surface area contributed by atoms with Gasteiger partial charge < -0.3 is 14.8 Å². The first-order valence-corrected chi connectivity index (χ1v) is 6.42. The first kappa shape index (κ1) is 15.9. The van der Waals surface area contributed by atoms with Gasteiger partial charge in [-0.3, -0.25) is 0 Å². The van der Waals surface area contributed by atoms with Crippen molar-refractivity contribution >= 4 is 0 Å². The van der Waals surface area contributed by atoms with Gasteiger partial charge in [0.05, 0.1) is 12.6 Å². The maximum absolute atomic E-state index is 13.1. The molecule has 0 saturated carbocycles. The summed E-state index contributed by atoms with van der Waals surface area (Å²) in [5, 5.41) is 2.85. The predicted octanol–water partition coefficient (Wildman–Crippen LogP) is 3.02. The van der Waals surface area contributed by atoms with Crippen molar-refractivity contribution in [1.29, 1.82) is 0 Å². The molecule has 0 bridgehead atoms. The molecule has 5 heteroatoms. The number of ether oxygens (including phenoxy) is 2. The van der Waals surface area contributed by atoms with Crippen molar-refractivity contribution in [2.45, 2.75) is 25.8 Å². The SMILES string of the molecule is CCCNC(c1ccccc1OCCOC)C(F)F. The summed E-state index contributed by atoms with van der Waals surface area (Å²) < 4.78 is 36.6. The van der Waals surface area contributed by atoms with Gasteiger partial charge in [-0.05, 0) is 19.0 Å². The zero-order valence-electron chi connectivity index (χ0n) is 11.4. The van der Waals surface area contributed by atoms with Crippen LogP contribution in [-0.4, -0.2) is 33.3 Å². The van der Waals surface area contributed by atoms with Gasteiger partial charge in [-0.15, -0.1) is 0 Å². The van der Waals surface area contributed by atoms with Crippen LogP contribution in [0.15, 0.2) is 24.3 Å². The Morgan fingerprint density at radius 1 is 1.21 bits per heavy atom. The van der Waals surface area contributed by atoms with E-state index in [2.05, 4.69) is 5.32 Å². The van der Waals surface area contributed by atoms with Gasteiger partial charge in [0.15, 0.2) is 0 Å². The number of methoxy groups -OCH3 is 1. The van der Waals surface area contributed by atoms with Gasteiger partial charge in [0.25, 0.3) is 6.43 Å². The van der Waals surface area contributed by atoms with Crippen molar-refractivity contribution in [3.63, 3.8) is 0 Å². The molecule has 1 aromatic carbocycles. The molecule has 3 nitrogen and oxygen atoms in total. The summed E-state index contributed by atoms with van der Waals surface area (Å²) in [5.74, 6) is 0.480. The number of halogens is 2. The van der Waals surface area contributed by atoms with Crippen LogP contribution >= 0.6 is 0 Å². The minimum absolute atomic E-state index is 0.344. The van der Waals surface area contributed by atoms with Crippen LogP contribution in [0.1, 0.15) is 24.9 Å². The van der Waals surface area contributed by atoms with Crippen molar-refractivity contribution in [2.75, 3.05) is 26.9 Å². The van der Waals surface area contributed by atoms with Gasteiger partial charge in [-0.1, -0.05) is 25.1 Å². The monoisotopic (exact) mass is 273 g/mol. The molecular formula is C14H21F2NO2.